The summed E-state index contributed by atoms with van der Waals surface area (Å²) in [6.07, 6.45) is -1.56. The minimum atomic E-state index is -4.74. The average molecular weight is 548 g/mol. The predicted octanol–water partition coefficient (Wildman–Crippen LogP) is 5.34. The first-order valence-electron chi connectivity index (χ1n) is 12.3. The molecule has 2 aromatic carbocycles. The van der Waals surface area contributed by atoms with Crippen LogP contribution in [0, 0.1) is 5.41 Å². The van der Waals surface area contributed by atoms with Crippen LogP contribution >= 0.6 is 0 Å². The number of nitrogens with two attached hydrogens (primary N) is 1. The number of alkyl halides is 3. The maximum absolute atomic E-state index is 12.8. The monoisotopic (exact) mass is 547 g/mol. The van der Waals surface area contributed by atoms with Gasteiger partial charge >= 0.3 is 6.18 Å². The molecule has 0 radical (unpaired) electrons. The molecule has 1 aliphatic rings. The summed E-state index contributed by atoms with van der Waals surface area (Å²) in [5.41, 5.74) is 10.0. The van der Waals surface area contributed by atoms with E-state index in [1.54, 1.807) is 24.3 Å². The standard InChI is InChI=1S/C28H24F3N7O2/c29-28(30,31)24-14-23(38-40-24)27(39)37-25-7-3-5-18(34-25)13-20-9-8-16-4-1-2-6-21(16)26(36-20)35-19-10-11-22(33)17(12-19)15-32/h1-7,10-12,14-15,20,32H,8-9,13,33H2,(H,35,36)(H,34,37,39). The van der Waals surface area contributed by atoms with Crippen LogP contribution in [0.5, 0.6) is 0 Å². The van der Waals surface area contributed by atoms with Crippen molar-refractivity contribution in [3.63, 3.8) is 0 Å². The van der Waals surface area contributed by atoms with Crippen LogP contribution in [-0.2, 0) is 19.0 Å². The number of hydrogen-bond acceptors (Lipinski definition) is 8. The maximum atomic E-state index is 12.8. The number of nitrogens with zero attached hydrogens (tertiary/aromatic N) is 3. The van der Waals surface area contributed by atoms with E-state index >= 15 is 0 Å². The highest BCUT2D eigenvalue weighted by Gasteiger charge is 2.37. The van der Waals surface area contributed by atoms with Gasteiger partial charge in [-0.05, 0) is 48.7 Å². The summed E-state index contributed by atoms with van der Waals surface area (Å²) < 4.78 is 42.6. The minimum Gasteiger partial charge on any atom is -0.398 e. The molecule has 1 amide bonds. The summed E-state index contributed by atoms with van der Waals surface area (Å²) in [6.45, 7) is 0. The van der Waals surface area contributed by atoms with Gasteiger partial charge in [0, 0.05) is 46.9 Å². The zero-order chi connectivity index (χ0) is 28.3. The lowest BCUT2D eigenvalue weighted by atomic mass is 10.00. The molecule has 1 aliphatic heterocycles. The Morgan fingerprint density at radius 3 is 2.73 bits per heavy atom. The van der Waals surface area contributed by atoms with E-state index in [0.717, 1.165) is 29.7 Å². The molecule has 2 aromatic heterocycles. The molecule has 0 bridgehead atoms. The summed E-state index contributed by atoms with van der Waals surface area (Å²) in [5, 5.41) is 16.6. The first kappa shape index (κ1) is 26.6. The number of hydrogen-bond donors (Lipinski definition) is 4. The third-order valence-electron chi connectivity index (χ3n) is 6.35. The topological polar surface area (TPSA) is 142 Å². The van der Waals surface area contributed by atoms with Crippen molar-refractivity contribution in [1.29, 1.82) is 5.41 Å². The second-order valence-corrected chi connectivity index (χ2v) is 9.19. The fourth-order valence-corrected chi connectivity index (χ4v) is 4.37. The Kier molecular flexibility index (Phi) is 7.32. The van der Waals surface area contributed by atoms with Crippen LogP contribution in [0.2, 0.25) is 0 Å². The molecule has 0 saturated heterocycles. The van der Waals surface area contributed by atoms with E-state index in [-0.39, 0.29) is 11.9 Å². The highest BCUT2D eigenvalue weighted by Crippen LogP contribution is 2.30. The molecule has 0 spiro atoms. The molecule has 5 N–H and O–H groups in total. The second-order valence-electron chi connectivity index (χ2n) is 9.19. The van der Waals surface area contributed by atoms with E-state index in [0.29, 0.717) is 35.3 Å². The lowest BCUT2D eigenvalue weighted by Crippen LogP contribution is -2.19. The van der Waals surface area contributed by atoms with Crippen molar-refractivity contribution >= 4 is 35.2 Å². The fraction of sp³-hybridized carbons (Fsp3) is 0.179. The Bertz CT molecular complexity index is 1600. The van der Waals surface area contributed by atoms with Crippen LogP contribution < -0.4 is 16.4 Å². The molecule has 9 nitrogen and oxygen atoms in total. The number of anilines is 3. The Labute approximate surface area is 226 Å². The third kappa shape index (κ3) is 6.01. The molecule has 0 aliphatic carbocycles. The number of carbonyl (C=O) groups excluding carboxylic acids is 1. The normalized spacial score (nSPS) is 15.0. The number of aliphatic imine (C=N–C) groups is 1. The summed E-state index contributed by atoms with van der Waals surface area (Å²) in [5.74, 6) is -1.38. The lowest BCUT2D eigenvalue weighted by Gasteiger charge is -2.15. The second kappa shape index (κ2) is 11.0. The number of amidine groups is 1. The van der Waals surface area contributed by atoms with Crippen molar-refractivity contribution in [2.24, 2.45) is 4.99 Å². The number of aromatic nitrogens is 2. The number of carbonyl (C=O) groups is 1. The van der Waals surface area contributed by atoms with Crippen molar-refractivity contribution in [3.8, 4) is 0 Å². The van der Waals surface area contributed by atoms with Crippen molar-refractivity contribution in [2.75, 3.05) is 16.4 Å². The highest BCUT2D eigenvalue weighted by molar-refractivity contribution is 6.10. The molecule has 12 heteroatoms. The molecule has 204 valence electrons. The van der Waals surface area contributed by atoms with Crippen molar-refractivity contribution in [3.05, 3.63) is 101 Å². The SMILES string of the molecule is N=Cc1cc(NC2=NC(Cc3cccc(NC(=O)c4cc(C(F)(F)F)on4)n3)CCc3ccccc32)ccc1N. The van der Waals surface area contributed by atoms with Gasteiger partial charge < -0.3 is 26.3 Å². The van der Waals surface area contributed by atoms with Gasteiger partial charge in [0.15, 0.2) is 5.69 Å². The molecule has 0 saturated carbocycles. The number of nitrogens with one attached hydrogen (secondary N) is 3. The first-order chi connectivity index (χ1) is 19.2. The Balaban J connectivity index is 1.35. The average Bonchev–Trinajstić information content (AvgIpc) is 3.38. The maximum Gasteiger partial charge on any atom is 0.452 e. The summed E-state index contributed by atoms with van der Waals surface area (Å²) >= 11 is 0. The Hall–Kier alpha value is -5.00. The molecule has 1 unspecified atom stereocenters. The molecular weight excluding hydrogens is 523 g/mol. The van der Waals surface area contributed by atoms with Crippen molar-refractivity contribution < 1.29 is 22.5 Å². The quantitative estimate of drug-likeness (QED) is 0.190. The van der Waals surface area contributed by atoms with Crippen LogP contribution in [-0.4, -0.2) is 34.1 Å². The van der Waals surface area contributed by atoms with E-state index in [1.807, 2.05) is 24.3 Å². The summed E-state index contributed by atoms with van der Waals surface area (Å²) in [7, 11) is 0. The van der Waals surface area contributed by atoms with Gasteiger partial charge in [0.25, 0.3) is 5.91 Å². The number of aryl methyl sites for hydroxylation is 1. The van der Waals surface area contributed by atoms with Crippen molar-refractivity contribution in [1.82, 2.24) is 10.1 Å². The molecule has 5 rings (SSSR count). The summed E-state index contributed by atoms with van der Waals surface area (Å²) in [4.78, 5) is 21.9. The summed E-state index contributed by atoms with van der Waals surface area (Å²) in [6, 6.07) is 18.7. The van der Waals surface area contributed by atoms with Gasteiger partial charge in [-0.15, -0.1) is 0 Å². The zero-order valence-electron chi connectivity index (χ0n) is 21.0. The van der Waals surface area contributed by atoms with Gasteiger partial charge in [-0.3, -0.25) is 9.79 Å². The van der Waals surface area contributed by atoms with Crippen LogP contribution in [0.3, 0.4) is 0 Å². The molecule has 1 atom stereocenters. The molecule has 40 heavy (non-hydrogen) atoms. The van der Waals surface area contributed by atoms with Crippen LogP contribution in [0.25, 0.3) is 0 Å². The number of halogens is 3. The first-order valence-corrected chi connectivity index (χ1v) is 12.3. The number of fused-ring (bicyclic) bond motifs is 1. The third-order valence-corrected chi connectivity index (χ3v) is 6.35. The van der Waals surface area contributed by atoms with Crippen molar-refractivity contribution in [2.45, 2.75) is 31.5 Å². The molecule has 4 aromatic rings. The van der Waals surface area contributed by atoms with E-state index in [1.165, 1.54) is 12.3 Å². The smallest absolute Gasteiger partial charge is 0.398 e. The van der Waals surface area contributed by atoms with Gasteiger partial charge in [0.2, 0.25) is 5.76 Å². The Morgan fingerprint density at radius 2 is 1.95 bits per heavy atom. The fourth-order valence-electron chi connectivity index (χ4n) is 4.37. The van der Waals surface area contributed by atoms with Crippen LogP contribution in [0.15, 0.2) is 76.2 Å². The lowest BCUT2D eigenvalue weighted by molar-refractivity contribution is -0.155. The predicted molar refractivity (Wildman–Crippen MR) is 145 cm³/mol. The minimum absolute atomic E-state index is 0.158. The van der Waals surface area contributed by atoms with E-state index in [9.17, 15) is 18.0 Å². The Morgan fingerprint density at radius 1 is 1.12 bits per heavy atom. The number of pyridine rings is 1. The zero-order valence-corrected chi connectivity index (χ0v) is 21.0. The van der Waals surface area contributed by atoms with E-state index < -0.39 is 23.5 Å². The van der Waals surface area contributed by atoms with Crippen LogP contribution in [0.1, 0.15) is 45.1 Å². The van der Waals surface area contributed by atoms with E-state index in [4.69, 9.17) is 16.1 Å². The number of nitrogen functional groups attached to an aromatic ring is 1. The van der Waals surface area contributed by atoms with Gasteiger partial charge in [-0.25, -0.2) is 4.98 Å². The highest BCUT2D eigenvalue weighted by atomic mass is 19.4. The number of benzene rings is 2. The van der Waals surface area contributed by atoms with Gasteiger partial charge in [0.1, 0.15) is 11.7 Å². The van der Waals surface area contributed by atoms with E-state index in [2.05, 4.69) is 31.4 Å². The number of amides is 1. The largest absolute Gasteiger partial charge is 0.452 e. The molecule has 3 heterocycles. The van der Waals surface area contributed by atoms with Gasteiger partial charge in [-0.1, -0.05) is 35.5 Å². The van der Waals surface area contributed by atoms with Gasteiger partial charge in [0.05, 0.1) is 6.04 Å². The molecular formula is C28H24F3N7O2. The molecule has 0 fully saturated rings. The number of rotatable bonds is 6. The van der Waals surface area contributed by atoms with Crippen LogP contribution in [0.4, 0.5) is 30.4 Å². The van der Waals surface area contributed by atoms with Gasteiger partial charge in [-0.2, -0.15) is 13.2 Å².